The summed E-state index contributed by atoms with van der Waals surface area (Å²) in [7, 11) is 2.07. The van der Waals surface area contributed by atoms with E-state index < -0.39 is 0 Å². The number of rotatable bonds is 6. The number of aromatic nitrogens is 3. The van der Waals surface area contributed by atoms with E-state index in [1.165, 1.54) is 11.5 Å². The first-order chi connectivity index (χ1) is 9.19. The number of hydrogen-bond donors (Lipinski definition) is 1. The Hall–Kier alpha value is -1.53. The highest BCUT2D eigenvalue weighted by Gasteiger charge is 2.10. The minimum atomic E-state index is 0.772. The van der Waals surface area contributed by atoms with Crippen LogP contribution in [0.25, 0.3) is 0 Å². The molecule has 0 aliphatic rings. The summed E-state index contributed by atoms with van der Waals surface area (Å²) >= 11 is 1.41. The number of aryl methyl sites for hydroxylation is 1. The Balaban J connectivity index is 1.97. The molecule has 0 unspecified atom stereocenters. The molecule has 0 aliphatic carbocycles. The van der Waals surface area contributed by atoms with E-state index in [1.807, 2.05) is 25.1 Å². The first-order valence-corrected chi connectivity index (χ1v) is 7.12. The summed E-state index contributed by atoms with van der Waals surface area (Å²) in [4.78, 5) is 6.70. The van der Waals surface area contributed by atoms with E-state index in [0.29, 0.717) is 0 Å². The Kier molecular flexibility index (Phi) is 4.81. The normalized spacial score (nSPS) is 10.9. The molecule has 0 aliphatic heterocycles. The van der Waals surface area contributed by atoms with Gasteiger partial charge in [0.1, 0.15) is 10.7 Å². The Morgan fingerprint density at radius 2 is 2.16 bits per heavy atom. The molecule has 0 amide bonds. The molecule has 0 saturated carbocycles. The zero-order chi connectivity index (χ0) is 13.7. The van der Waals surface area contributed by atoms with Gasteiger partial charge in [0.25, 0.3) is 0 Å². The van der Waals surface area contributed by atoms with Crippen molar-refractivity contribution in [2.24, 2.45) is 0 Å². The van der Waals surface area contributed by atoms with E-state index in [4.69, 9.17) is 0 Å². The van der Waals surface area contributed by atoms with Gasteiger partial charge < -0.3 is 5.32 Å². The van der Waals surface area contributed by atoms with Gasteiger partial charge >= 0.3 is 0 Å². The zero-order valence-electron chi connectivity index (χ0n) is 11.6. The van der Waals surface area contributed by atoms with Gasteiger partial charge in [-0.3, -0.25) is 9.88 Å². The molecule has 1 N–H and O–H groups in total. The third kappa shape index (κ3) is 3.97. The largest absolute Gasteiger partial charge is 0.374 e. The van der Waals surface area contributed by atoms with Crippen molar-refractivity contribution in [1.82, 2.24) is 19.5 Å². The molecule has 2 aromatic rings. The fourth-order valence-electron chi connectivity index (χ4n) is 1.88. The number of nitrogens with one attached hydrogen (secondary N) is 1. The third-order valence-electron chi connectivity index (χ3n) is 2.69. The number of pyridine rings is 1. The van der Waals surface area contributed by atoms with Crippen LogP contribution in [0.1, 0.15) is 24.0 Å². The minimum absolute atomic E-state index is 0.772. The molecular formula is C13H19N5S. The Bertz CT molecular complexity index is 525. The maximum Gasteiger partial charge on any atom is 0.134 e. The van der Waals surface area contributed by atoms with Gasteiger partial charge in [0.15, 0.2) is 0 Å². The lowest BCUT2D eigenvalue weighted by atomic mass is 10.3. The molecule has 5 nitrogen and oxygen atoms in total. The van der Waals surface area contributed by atoms with Crippen LogP contribution < -0.4 is 5.32 Å². The molecule has 0 aromatic carbocycles. The fraction of sp³-hybridized carbons (Fsp3) is 0.462. The predicted octanol–water partition coefficient (Wildman–Crippen LogP) is 2.31. The first kappa shape index (κ1) is 13.9. The molecule has 0 fully saturated rings. The first-order valence-electron chi connectivity index (χ1n) is 6.35. The molecule has 0 spiro atoms. The Morgan fingerprint density at radius 1 is 1.32 bits per heavy atom. The summed E-state index contributed by atoms with van der Waals surface area (Å²) in [6.07, 6.45) is 0. The van der Waals surface area contributed by atoms with Gasteiger partial charge in [0.2, 0.25) is 0 Å². The molecule has 6 heteroatoms. The van der Waals surface area contributed by atoms with E-state index in [9.17, 15) is 0 Å². The molecule has 2 rings (SSSR count). The van der Waals surface area contributed by atoms with Crippen molar-refractivity contribution in [3.63, 3.8) is 0 Å². The summed E-state index contributed by atoms with van der Waals surface area (Å²) in [5.41, 5.74) is 3.13. The second kappa shape index (κ2) is 6.58. The smallest absolute Gasteiger partial charge is 0.134 e. The number of hydrogen-bond acceptors (Lipinski definition) is 6. The monoisotopic (exact) mass is 277 g/mol. The lowest BCUT2D eigenvalue weighted by Crippen LogP contribution is -2.19. The van der Waals surface area contributed by atoms with Crippen molar-refractivity contribution in [3.8, 4) is 0 Å². The topological polar surface area (TPSA) is 53.9 Å². The molecule has 19 heavy (non-hydrogen) atoms. The molecule has 0 bridgehead atoms. The van der Waals surface area contributed by atoms with Gasteiger partial charge in [-0.2, -0.15) is 0 Å². The average molecular weight is 277 g/mol. The van der Waals surface area contributed by atoms with Gasteiger partial charge in [-0.05, 0) is 33.0 Å². The quantitative estimate of drug-likeness (QED) is 0.878. The van der Waals surface area contributed by atoms with Crippen LogP contribution in [0.3, 0.4) is 0 Å². The highest BCUT2D eigenvalue weighted by molar-refractivity contribution is 7.10. The molecule has 2 heterocycles. The molecule has 2 aromatic heterocycles. The molecule has 102 valence electrons. The van der Waals surface area contributed by atoms with E-state index in [0.717, 1.165) is 41.7 Å². The maximum absolute atomic E-state index is 4.51. The van der Waals surface area contributed by atoms with Crippen LogP contribution in [0.5, 0.6) is 0 Å². The third-order valence-corrected chi connectivity index (χ3v) is 3.42. The molecular weight excluding hydrogens is 258 g/mol. The Morgan fingerprint density at radius 3 is 2.89 bits per heavy atom. The highest BCUT2D eigenvalue weighted by atomic mass is 32.1. The second-order valence-electron chi connectivity index (χ2n) is 4.52. The molecule has 0 atom stereocenters. The van der Waals surface area contributed by atoms with Crippen LogP contribution in [-0.2, 0) is 13.1 Å². The van der Waals surface area contributed by atoms with E-state index in [-0.39, 0.29) is 0 Å². The van der Waals surface area contributed by atoms with Crippen LogP contribution in [0.15, 0.2) is 18.2 Å². The van der Waals surface area contributed by atoms with Crippen LogP contribution >= 0.6 is 11.5 Å². The Labute approximate surface area is 117 Å². The number of nitrogens with zero attached hydrogens (tertiary/aromatic N) is 4. The van der Waals surface area contributed by atoms with Crippen molar-refractivity contribution < 1.29 is 0 Å². The SMILES string of the molecule is CCNc1snnc1CN(C)Cc1cccc(C)n1. The van der Waals surface area contributed by atoms with E-state index >= 15 is 0 Å². The lowest BCUT2D eigenvalue weighted by Gasteiger charge is -2.15. The minimum Gasteiger partial charge on any atom is -0.374 e. The molecule has 0 radical (unpaired) electrons. The van der Waals surface area contributed by atoms with Crippen molar-refractivity contribution in [2.75, 3.05) is 18.9 Å². The summed E-state index contributed by atoms with van der Waals surface area (Å²) in [6.45, 7) is 6.56. The van der Waals surface area contributed by atoms with Crippen LogP contribution in [-0.4, -0.2) is 33.1 Å². The van der Waals surface area contributed by atoms with Gasteiger partial charge in [-0.25, -0.2) is 0 Å². The van der Waals surface area contributed by atoms with Gasteiger partial charge in [0.05, 0.1) is 5.69 Å². The van der Waals surface area contributed by atoms with Crippen LogP contribution in [0.4, 0.5) is 5.00 Å². The van der Waals surface area contributed by atoms with Crippen molar-refractivity contribution >= 4 is 16.5 Å². The maximum atomic E-state index is 4.51. The van der Waals surface area contributed by atoms with Crippen molar-refractivity contribution in [3.05, 3.63) is 35.3 Å². The second-order valence-corrected chi connectivity index (χ2v) is 5.28. The van der Waals surface area contributed by atoms with E-state index in [2.05, 4.69) is 38.8 Å². The van der Waals surface area contributed by atoms with Gasteiger partial charge in [-0.15, -0.1) is 5.10 Å². The van der Waals surface area contributed by atoms with Crippen LogP contribution in [0, 0.1) is 6.92 Å². The lowest BCUT2D eigenvalue weighted by molar-refractivity contribution is 0.311. The van der Waals surface area contributed by atoms with Crippen molar-refractivity contribution in [1.29, 1.82) is 0 Å². The zero-order valence-corrected chi connectivity index (χ0v) is 12.4. The summed E-state index contributed by atoms with van der Waals surface area (Å²) in [6, 6.07) is 6.10. The predicted molar refractivity (Wildman–Crippen MR) is 78.2 cm³/mol. The van der Waals surface area contributed by atoms with Crippen LogP contribution in [0.2, 0.25) is 0 Å². The summed E-state index contributed by atoms with van der Waals surface area (Å²) in [5.74, 6) is 0. The van der Waals surface area contributed by atoms with Crippen molar-refractivity contribution in [2.45, 2.75) is 26.9 Å². The van der Waals surface area contributed by atoms with Gasteiger partial charge in [0, 0.05) is 36.9 Å². The fourth-order valence-corrected chi connectivity index (χ4v) is 2.52. The number of anilines is 1. The van der Waals surface area contributed by atoms with E-state index in [1.54, 1.807) is 0 Å². The molecule has 0 saturated heterocycles. The average Bonchev–Trinajstić information content (AvgIpc) is 2.77. The highest BCUT2D eigenvalue weighted by Crippen LogP contribution is 2.19. The summed E-state index contributed by atoms with van der Waals surface area (Å²) in [5, 5.41) is 8.53. The standard InChI is InChI=1S/C13H19N5S/c1-4-14-13-12(16-17-19-13)9-18(3)8-11-7-5-6-10(2)15-11/h5-7,14H,4,8-9H2,1-3H3. The van der Waals surface area contributed by atoms with Gasteiger partial charge in [-0.1, -0.05) is 10.6 Å². The summed E-state index contributed by atoms with van der Waals surface area (Å²) < 4.78 is 4.00.